The van der Waals surface area contributed by atoms with Crippen molar-refractivity contribution in [2.45, 2.75) is 109 Å². The lowest BCUT2D eigenvalue weighted by atomic mass is 10.1. The normalized spacial score (nSPS) is 12.3. The van der Waals surface area contributed by atoms with Gasteiger partial charge in [0.05, 0.1) is 0 Å². The van der Waals surface area contributed by atoms with Crippen LogP contribution in [0.3, 0.4) is 0 Å². The fraction of sp³-hybridized carbons (Fsp3) is 0.647. The highest BCUT2D eigenvalue weighted by Crippen LogP contribution is 2.18. The van der Waals surface area contributed by atoms with Gasteiger partial charge in [0.25, 0.3) is 0 Å². The molecule has 0 bridgehead atoms. The number of allylic oxidation sites excluding steroid dienone is 8. The van der Waals surface area contributed by atoms with E-state index in [1.807, 2.05) is 33.8 Å². The van der Waals surface area contributed by atoms with Crippen molar-refractivity contribution in [3.8, 4) is 0 Å². The molecule has 0 aromatic rings. The first-order valence-electron chi connectivity index (χ1n) is 16.7. The predicted octanol–water partition coefficient (Wildman–Crippen LogP) is 4.48. The molecule has 0 saturated heterocycles. The Balaban J connectivity index is -0.000000257. The van der Waals surface area contributed by atoms with Crippen LogP contribution < -0.4 is 0 Å². The molecule has 4 nitrogen and oxygen atoms in total. The SMILES string of the molecule is CC(=S)/C=C(/C)N(C)C[SiH3].CC(=S)/C=C(/C)N(C[SiH3])C(C)(C)C.CC(=S)/C=C(/C)N(C[SiH3])C(C)C.CCN(C[SiH3])/C(C)=C\C(C)=S. The van der Waals surface area contributed by atoms with Crippen molar-refractivity contribution in [3.63, 3.8) is 0 Å². The summed E-state index contributed by atoms with van der Waals surface area (Å²) in [6, 6.07) is 0.591. The van der Waals surface area contributed by atoms with Crippen molar-refractivity contribution in [1.82, 2.24) is 19.6 Å². The highest BCUT2D eigenvalue weighted by atomic mass is 32.1. The van der Waals surface area contributed by atoms with Gasteiger partial charge in [-0.1, -0.05) is 48.9 Å². The number of hydrogen-bond acceptors (Lipinski definition) is 8. The average Bonchev–Trinajstić information content (AvgIpc) is 2.88. The molecule has 0 aromatic heterocycles. The largest absolute Gasteiger partial charge is 0.382 e. The van der Waals surface area contributed by atoms with E-state index in [0.29, 0.717) is 6.04 Å². The van der Waals surface area contributed by atoms with Crippen LogP contribution in [0.5, 0.6) is 0 Å². The first-order valence-corrected chi connectivity index (χ1v) is 24.0. The van der Waals surface area contributed by atoms with Crippen LogP contribution in [0.2, 0.25) is 0 Å². The fourth-order valence-corrected chi connectivity index (χ4v) is 9.59. The topological polar surface area (TPSA) is 13.0 Å². The van der Waals surface area contributed by atoms with Crippen LogP contribution in [-0.4, -0.2) is 130 Å². The van der Waals surface area contributed by atoms with Crippen LogP contribution in [0.4, 0.5) is 0 Å². The Morgan fingerprint density at radius 2 is 0.957 bits per heavy atom. The molecule has 46 heavy (non-hydrogen) atoms. The van der Waals surface area contributed by atoms with Gasteiger partial charge in [-0.15, -0.1) is 0 Å². The van der Waals surface area contributed by atoms with E-state index in [1.54, 1.807) is 0 Å². The molecule has 0 heterocycles. The molecule has 12 heteroatoms. The van der Waals surface area contributed by atoms with Crippen molar-refractivity contribution < 1.29 is 0 Å². The summed E-state index contributed by atoms with van der Waals surface area (Å²) in [7, 11) is 6.93. The van der Waals surface area contributed by atoms with Crippen LogP contribution in [0.25, 0.3) is 0 Å². The maximum atomic E-state index is 5.07. The maximum absolute atomic E-state index is 5.07. The third kappa shape index (κ3) is 29.5. The summed E-state index contributed by atoms with van der Waals surface area (Å²) in [5.74, 6) is 0. The van der Waals surface area contributed by atoms with Gasteiger partial charge in [-0.05, 0) is 121 Å². The number of rotatable bonds is 14. The third-order valence-corrected chi connectivity index (χ3v) is 10.5. The minimum absolute atomic E-state index is 0.215. The van der Waals surface area contributed by atoms with Crippen LogP contribution in [-0.2, 0) is 0 Å². The van der Waals surface area contributed by atoms with Gasteiger partial charge < -0.3 is 19.6 Å². The third-order valence-electron chi connectivity index (χ3n) is 6.96. The first kappa shape index (κ1) is 52.2. The Bertz CT molecular complexity index is 1040. The van der Waals surface area contributed by atoms with Crippen LogP contribution >= 0.6 is 48.9 Å². The van der Waals surface area contributed by atoms with E-state index >= 15 is 0 Å². The van der Waals surface area contributed by atoms with E-state index in [1.165, 1.54) is 82.3 Å². The molecule has 0 unspecified atom stereocenters. The summed E-state index contributed by atoms with van der Waals surface area (Å²) in [5.41, 5.74) is 5.37. The van der Waals surface area contributed by atoms with E-state index in [9.17, 15) is 0 Å². The summed E-state index contributed by atoms with van der Waals surface area (Å²) >= 11 is 20.0. The smallest absolute Gasteiger partial charge is 0.0310 e. The van der Waals surface area contributed by atoms with Crippen molar-refractivity contribution in [2.24, 2.45) is 0 Å². The predicted molar refractivity (Wildman–Crippen MR) is 246 cm³/mol. The average molecular weight is 778 g/mol. The molecular formula is C34H72N4S4Si4. The molecule has 0 radical (unpaired) electrons. The van der Waals surface area contributed by atoms with Gasteiger partial charge in [-0.3, -0.25) is 0 Å². The molecule has 0 N–H and O–H groups in total. The Morgan fingerprint density at radius 3 is 1.22 bits per heavy atom. The summed E-state index contributed by atoms with van der Waals surface area (Å²) in [6.45, 7) is 30.7. The lowest BCUT2D eigenvalue weighted by molar-refractivity contribution is 0.216. The van der Waals surface area contributed by atoms with E-state index < -0.39 is 0 Å². The fourth-order valence-electron chi connectivity index (χ4n) is 4.79. The Labute approximate surface area is 320 Å². The molecule has 0 aliphatic rings. The van der Waals surface area contributed by atoms with Gasteiger partial charge in [-0.2, -0.15) is 0 Å². The number of thiocarbonyl (C=S) groups is 4. The zero-order valence-electron chi connectivity index (χ0n) is 33.3. The minimum Gasteiger partial charge on any atom is -0.382 e. The van der Waals surface area contributed by atoms with E-state index in [4.69, 9.17) is 48.9 Å². The van der Waals surface area contributed by atoms with Gasteiger partial charge >= 0.3 is 0 Å². The van der Waals surface area contributed by atoms with Crippen LogP contribution in [0.15, 0.2) is 47.1 Å². The maximum Gasteiger partial charge on any atom is 0.0310 e. The molecule has 0 rings (SSSR count). The van der Waals surface area contributed by atoms with Crippen molar-refractivity contribution in [3.05, 3.63) is 47.1 Å². The van der Waals surface area contributed by atoms with Gasteiger partial charge in [-0.25, -0.2) is 0 Å². The molecule has 0 fully saturated rings. The van der Waals surface area contributed by atoms with Gasteiger partial charge in [0.1, 0.15) is 0 Å². The van der Waals surface area contributed by atoms with E-state index in [2.05, 4.69) is 114 Å². The zero-order valence-corrected chi connectivity index (χ0v) is 44.6. The number of hydrogen-bond donors (Lipinski definition) is 0. The molecule has 0 aromatic carbocycles. The second kappa shape index (κ2) is 29.3. The molecule has 268 valence electrons. The summed E-state index contributed by atoms with van der Waals surface area (Å²) < 4.78 is 0. The minimum atomic E-state index is 0.215. The Kier molecular flexibility index (Phi) is 33.3. The van der Waals surface area contributed by atoms with Crippen molar-refractivity contribution >= 4 is 109 Å². The van der Waals surface area contributed by atoms with Gasteiger partial charge in [0.2, 0.25) is 0 Å². The second-order valence-corrected chi connectivity index (χ2v) is 17.7. The van der Waals surface area contributed by atoms with E-state index in [-0.39, 0.29) is 5.54 Å². The van der Waals surface area contributed by atoms with Crippen LogP contribution in [0.1, 0.15) is 96.9 Å². The molecule has 0 aliphatic heterocycles. The molecule has 0 saturated carbocycles. The second-order valence-electron chi connectivity index (χ2n) is 12.6. The Morgan fingerprint density at radius 1 is 0.587 bits per heavy atom. The van der Waals surface area contributed by atoms with Crippen LogP contribution in [0, 0.1) is 0 Å². The van der Waals surface area contributed by atoms with E-state index in [0.717, 1.165) is 32.2 Å². The first-order chi connectivity index (χ1) is 21.0. The zero-order chi connectivity index (χ0) is 37.4. The van der Waals surface area contributed by atoms with Gasteiger partial charge in [0, 0.05) is 133 Å². The standard InChI is InChI=1S/C10H21NSSi.C9H19NSSi.C8H17NSSi.C7H15NSSi/c1-8(6-9(2)12)11(7-13)10(3,4)5;1-7(2)10(6-12)8(3)5-9(4)11;1-4-9(6-11)7(2)5-8(3)10;1-6(4-7(2)9)8(3)5-10/h6H,7H2,1-5,13H3;5,7H,6H2,1-4,12H3;5H,4,6H2,1-3,11H3;4H,5H2,1-3,10H3/b8-6-;8-5-;7-5-;6-4-. The quantitative estimate of drug-likeness (QED) is 0.144. The monoisotopic (exact) mass is 776 g/mol. The Hall–Kier alpha value is -0.612. The summed E-state index contributed by atoms with van der Waals surface area (Å²) in [6.07, 6.45) is 13.0. The lowest BCUT2D eigenvalue weighted by Gasteiger charge is -2.37. The van der Waals surface area contributed by atoms with Crippen molar-refractivity contribution in [1.29, 1.82) is 0 Å². The summed E-state index contributed by atoms with van der Waals surface area (Å²) in [4.78, 5) is 13.2. The number of nitrogens with zero attached hydrogens (tertiary/aromatic N) is 4. The molecule has 0 atom stereocenters. The molecule has 0 aliphatic carbocycles. The lowest BCUT2D eigenvalue weighted by Crippen LogP contribution is -2.40. The summed E-state index contributed by atoms with van der Waals surface area (Å²) in [5, 5.41) is 0. The van der Waals surface area contributed by atoms with Gasteiger partial charge in [0.15, 0.2) is 0 Å². The highest BCUT2D eigenvalue weighted by Gasteiger charge is 2.19. The molecular weight excluding hydrogens is 705 g/mol. The highest BCUT2D eigenvalue weighted by molar-refractivity contribution is 7.81. The van der Waals surface area contributed by atoms with Crippen molar-refractivity contribution in [2.75, 3.05) is 38.3 Å². The molecule has 0 spiro atoms. The molecule has 0 amide bonds.